The molecule has 0 bridgehead atoms. The first-order valence-corrected chi connectivity index (χ1v) is 8.65. The Bertz CT molecular complexity index is 886. The highest BCUT2D eigenvalue weighted by Crippen LogP contribution is 2.20. The summed E-state index contributed by atoms with van der Waals surface area (Å²) < 4.78 is 5.68. The van der Waals surface area contributed by atoms with Crippen LogP contribution in [0.3, 0.4) is 0 Å². The fourth-order valence-electron chi connectivity index (χ4n) is 2.62. The normalized spacial score (nSPS) is 11.2. The molecule has 1 aromatic heterocycles. The average molecular weight is 357 g/mol. The van der Waals surface area contributed by atoms with Crippen LogP contribution in [0.15, 0.2) is 48.5 Å². The summed E-state index contributed by atoms with van der Waals surface area (Å²) in [6.07, 6.45) is 0.167. The number of aromatic nitrogens is 1. The molecule has 1 heterocycles. The number of benzene rings is 2. The minimum Gasteiger partial charge on any atom is -0.374 e. The van der Waals surface area contributed by atoms with Crippen LogP contribution in [0.4, 0.5) is 0 Å². The highest BCUT2D eigenvalue weighted by atomic mass is 35.5. The van der Waals surface area contributed by atoms with E-state index in [4.69, 9.17) is 16.3 Å². The number of hydrogen-bond acceptors (Lipinski definition) is 2. The van der Waals surface area contributed by atoms with Gasteiger partial charge in [0.15, 0.2) is 0 Å². The molecular formula is C20H21ClN2O2. The third-order valence-corrected chi connectivity index (χ3v) is 4.19. The number of hydrogen-bond donors (Lipinski definition) is 2. The molecule has 5 heteroatoms. The molecule has 2 N–H and O–H groups in total. The molecule has 0 atom stereocenters. The Morgan fingerprint density at radius 3 is 2.68 bits per heavy atom. The summed E-state index contributed by atoms with van der Waals surface area (Å²) in [5.41, 5.74) is 3.55. The van der Waals surface area contributed by atoms with Gasteiger partial charge in [0.25, 0.3) is 5.91 Å². The van der Waals surface area contributed by atoms with Crippen LogP contribution in [0.5, 0.6) is 0 Å². The SMILES string of the molecule is CC(C)OCc1ccccc1CNC(=O)c1cc2cc(Cl)ccc2[nH]1. The zero-order valence-corrected chi connectivity index (χ0v) is 15.1. The van der Waals surface area contributed by atoms with Gasteiger partial charge in [-0.25, -0.2) is 0 Å². The van der Waals surface area contributed by atoms with E-state index in [9.17, 15) is 4.79 Å². The van der Waals surface area contributed by atoms with Gasteiger partial charge in [0, 0.05) is 22.5 Å². The van der Waals surface area contributed by atoms with Crippen LogP contribution in [-0.4, -0.2) is 17.0 Å². The first-order valence-electron chi connectivity index (χ1n) is 8.28. The fraction of sp³-hybridized carbons (Fsp3) is 0.250. The zero-order chi connectivity index (χ0) is 17.8. The maximum Gasteiger partial charge on any atom is 0.267 e. The van der Waals surface area contributed by atoms with Crippen LogP contribution in [0.25, 0.3) is 10.9 Å². The van der Waals surface area contributed by atoms with Crippen molar-refractivity contribution in [1.82, 2.24) is 10.3 Å². The average Bonchev–Trinajstić information content (AvgIpc) is 3.01. The van der Waals surface area contributed by atoms with Gasteiger partial charge in [-0.15, -0.1) is 0 Å². The van der Waals surface area contributed by atoms with Crippen molar-refractivity contribution in [3.63, 3.8) is 0 Å². The topological polar surface area (TPSA) is 54.1 Å². The second kappa shape index (κ2) is 7.72. The van der Waals surface area contributed by atoms with Crippen molar-refractivity contribution >= 4 is 28.4 Å². The Morgan fingerprint density at radius 1 is 1.16 bits per heavy atom. The van der Waals surface area contributed by atoms with E-state index in [2.05, 4.69) is 10.3 Å². The maximum atomic E-state index is 12.4. The monoisotopic (exact) mass is 356 g/mol. The number of aromatic amines is 1. The Morgan fingerprint density at radius 2 is 1.92 bits per heavy atom. The quantitative estimate of drug-likeness (QED) is 0.674. The van der Waals surface area contributed by atoms with Crippen LogP contribution in [0, 0.1) is 0 Å². The fourth-order valence-corrected chi connectivity index (χ4v) is 2.80. The minimum absolute atomic E-state index is 0.146. The Hall–Kier alpha value is -2.30. The molecular weight excluding hydrogens is 336 g/mol. The molecule has 25 heavy (non-hydrogen) atoms. The van der Waals surface area contributed by atoms with Crippen molar-refractivity contribution in [2.45, 2.75) is 33.1 Å². The molecule has 0 aliphatic rings. The van der Waals surface area contributed by atoms with Gasteiger partial charge >= 0.3 is 0 Å². The number of rotatable bonds is 6. The van der Waals surface area contributed by atoms with Gasteiger partial charge < -0.3 is 15.0 Å². The lowest BCUT2D eigenvalue weighted by molar-refractivity contribution is 0.0651. The molecule has 3 aromatic rings. The molecule has 3 rings (SSSR count). The van der Waals surface area contributed by atoms with Gasteiger partial charge in [-0.1, -0.05) is 35.9 Å². The standard InChI is InChI=1S/C20H21ClN2O2/c1-13(2)25-12-15-6-4-3-5-14(15)11-22-20(24)19-10-16-9-17(21)7-8-18(16)23-19/h3-10,13,23H,11-12H2,1-2H3,(H,22,24). The number of carbonyl (C=O) groups excluding carboxylic acids is 1. The molecule has 0 unspecified atom stereocenters. The van der Waals surface area contributed by atoms with Crippen molar-refractivity contribution in [3.8, 4) is 0 Å². The highest BCUT2D eigenvalue weighted by molar-refractivity contribution is 6.31. The molecule has 0 saturated heterocycles. The molecule has 2 aromatic carbocycles. The van der Waals surface area contributed by atoms with Crippen molar-refractivity contribution in [2.24, 2.45) is 0 Å². The summed E-state index contributed by atoms with van der Waals surface area (Å²) in [4.78, 5) is 15.6. The van der Waals surface area contributed by atoms with Crippen LogP contribution in [-0.2, 0) is 17.9 Å². The summed E-state index contributed by atoms with van der Waals surface area (Å²) in [7, 11) is 0. The Balaban J connectivity index is 1.69. The summed E-state index contributed by atoms with van der Waals surface area (Å²) >= 11 is 5.99. The molecule has 130 valence electrons. The summed E-state index contributed by atoms with van der Waals surface area (Å²) in [5.74, 6) is -0.146. The lowest BCUT2D eigenvalue weighted by Crippen LogP contribution is -2.23. The first kappa shape index (κ1) is 17.5. The van der Waals surface area contributed by atoms with Crippen LogP contribution < -0.4 is 5.32 Å². The van der Waals surface area contributed by atoms with E-state index < -0.39 is 0 Å². The van der Waals surface area contributed by atoms with Crippen molar-refractivity contribution < 1.29 is 9.53 Å². The number of ether oxygens (including phenoxy) is 1. The Labute approximate surface area is 152 Å². The second-order valence-corrected chi connectivity index (χ2v) is 6.66. The predicted octanol–water partition coefficient (Wildman–Crippen LogP) is 4.68. The van der Waals surface area contributed by atoms with Gasteiger partial charge in [0.1, 0.15) is 5.69 Å². The lowest BCUT2D eigenvalue weighted by atomic mass is 10.1. The van der Waals surface area contributed by atoms with Crippen molar-refractivity contribution in [2.75, 3.05) is 0 Å². The largest absolute Gasteiger partial charge is 0.374 e. The molecule has 4 nitrogen and oxygen atoms in total. The number of fused-ring (bicyclic) bond motifs is 1. The molecule has 0 aliphatic carbocycles. The molecule has 0 radical (unpaired) electrons. The number of H-pyrrole nitrogens is 1. The first-order chi connectivity index (χ1) is 12.0. The van der Waals surface area contributed by atoms with E-state index in [1.165, 1.54) is 0 Å². The van der Waals surface area contributed by atoms with Gasteiger partial charge in [0.05, 0.1) is 12.7 Å². The number of carbonyl (C=O) groups is 1. The second-order valence-electron chi connectivity index (χ2n) is 6.23. The maximum absolute atomic E-state index is 12.4. The minimum atomic E-state index is -0.146. The Kier molecular flexibility index (Phi) is 5.41. The number of nitrogens with one attached hydrogen (secondary N) is 2. The number of amides is 1. The van der Waals surface area contributed by atoms with Crippen LogP contribution in [0.1, 0.15) is 35.5 Å². The smallest absolute Gasteiger partial charge is 0.267 e. The zero-order valence-electron chi connectivity index (χ0n) is 14.3. The molecule has 1 amide bonds. The van der Waals surface area contributed by atoms with Crippen molar-refractivity contribution in [1.29, 1.82) is 0 Å². The van der Waals surface area contributed by atoms with Crippen LogP contribution >= 0.6 is 11.6 Å². The van der Waals surface area contributed by atoms with E-state index in [1.807, 2.05) is 56.3 Å². The van der Waals surface area contributed by atoms with Gasteiger partial charge in [0.2, 0.25) is 0 Å². The van der Waals surface area contributed by atoms with E-state index in [0.29, 0.717) is 23.9 Å². The highest BCUT2D eigenvalue weighted by Gasteiger charge is 2.11. The summed E-state index contributed by atoms with van der Waals surface area (Å²) in [6.45, 7) is 5.00. The molecule has 0 spiro atoms. The van der Waals surface area contributed by atoms with Gasteiger partial charge in [-0.05, 0) is 49.2 Å². The predicted molar refractivity (Wildman–Crippen MR) is 101 cm³/mol. The van der Waals surface area contributed by atoms with E-state index in [-0.39, 0.29) is 12.0 Å². The summed E-state index contributed by atoms with van der Waals surface area (Å²) in [6, 6.07) is 15.3. The van der Waals surface area contributed by atoms with Crippen molar-refractivity contribution in [3.05, 3.63) is 70.4 Å². The summed E-state index contributed by atoms with van der Waals surface area (Å²) in [5, 5.41) is 4.53. The lowest BCUT2D eigenvalue weighted by Gasteiger charge is -2.12. The molecule has 0 fully saturated rings. The third kappa shape index (κ3) is 4.41. The van der Waals surface area contributed by atoms with E-state index >= 15 is 0 Å². The van der Waals surface area contributed by atoms with Gasteiger partial charge in [-0.2, -0.15) is 0 Å². The van der Waals surface area contributed by atoms with E-state index in [1.54, 1.807) is 6.07 Å². The van der Waals surface area contributed by atoms with E-state index in [0.717, 1.165) is 22.0 Å². The molecule has 0 aliphatic heterocycles. The number of halogens is 1. The third-order valence-electron chi connectivity index (χ3n) is 3.96. The van der Waals surface area contributed by atoms with Gasteiger partial charge in [-0.3, -0.25) is 4.79 Å². The van der Waals surface area contributed by atoms with Crippen LogP contribution in [0.2, 0.25) is 5.02 Å². The molecule has 0 saturated carbocycles.